The van der Waals surface area contributed by atoms with Gasteiger partial charge in [-0.3, -0.25) is 4.79 Å². The van der Waals surface area contributed by atoms with Gasteiger partial charge in [0.15, 0.2) is 9.84 Å². The van der Waals surface area contributed by atoms with E-state index in [9.17, 15) is 17.6 Å². The zero-order valence-electron chi connectivity index (χ0n) is 14.9. The molecule has 1 aliphatic rings. The number of nitrogens with zero attached hydrogens (tertiary/aromatic N) is 1. The molecular weight excluding hydrogens is 385 g/mol. The number of hydrogen-bond donors (Lipinski definition) is 0. The van der Waals surface area contributed by atoms with Crippen molar-refractivity contribution >= 4 is 27.5 Å². The summed E-state index contributed by atoms with van der Waals surface area (Å²) < 4.78 is 38.7. The Morgan fingerprint density at radius 2 is 1.78 bits per heavy atom. The van der Waals surface area contributed by atoms with Crippen molar-refractivity contribution in [2.75, 3.05) is 24.6 Å². The first-order chi connectivity index (χ1) is 13.0. The molecule has 1 amide bonds. The third-order valence-corrected chi connectivity index (χ3v) is 7.68. The standard InChI is InChI=1S/C20H22FNO3S2/c21-18-9-5-4-8-17(18)19-10-12-22(13-14-26-19)20(23)11-15-27(24,25)16-6-2-1-3-7-16/h1-9,19H,10-15H2. The minimum atomic E-state index is -3.46. The lowest BCUT2D eigenvalue weighted by Gasteiger charge is -2.20. The number of carbonyl (C=O) groups is 1. The molecule has 1 fully saturated rings. The summed E-state index contributed by atoms with van der Waals surface area (Å²) >= 11 is 1.64. The average Bonchev–Trinajstić information content (AvgIpc) is 2.93. The number of carbonyl (C=O) groups excluding carboxylic acids is 1. The summed E-state index contributed by atoms with van der Waals surface area (Å²) in [5.74, 6) is 0.125. The van der Waals surface area contributed by atoms with Crippen LogP contribution in [0.4, 0.5) is 4.39 Å². The van der Waals surface area contributed by atoms with Crippen LogP contribution < -0.4 is 0 Å². The first kappa shape index (κ1) is 19.9. The molecule has 4 nitrogen and oxygen atoms in total. The minimum absolute atomic E-state index is 0.0112. The van der Waals surface area contributed by atoms with E-state index in [2.05, 4.69) is 0 Å². The Morgan fingerprint density at radius 1 is 1.07 bits per heavy atom. The van der Waals surface area contributed by atoms with Crippen LogP contribution in [0.2, 0.25) is 0 Å². The Labute approximate surface area is 163 Å². The molecule has 2 aromatic carbocycles. The number of halogens is 1. The second-order valence-corrected chi connectivity index (χ2v) is 9.85. The zero-order valence-corrected chi connectivity index (χ0v) is 16.5. The van der Waals surface area contributed by atoms with E-state index in [1.807, 2.05) is 6.07 Å². The molecule has 1 unspecified atom stereocenters. The predicted octanol–water partition coefficient (Wildman–Crippen LogP) is 3.70. The maximum atomic E-state index is 14.0. The van der Waals surface area contributed by atoms with Gasteiger partial charge in [-0.15, -0.1) is 0 Å². The van der Waals surface area contributed by atoms with Crippen LogP contribution in [-0.4, -0.2) is 43.8 Å². The van der Waals surface area contributed by atoms with E-state index in [0.29, 0.717) is 30.8 Å². The second kappa shape index (κ2) is 8.89. The van der Waals surface area contributed by atoms with Gasteiger partial charge in [0.1, 0.15) is 5.82 Å². The first-order valence-electron chi connectivity index (χ1n) is 8.89. The van der Waals surface area contributed by atoms with Crippen molar-refractivity contribution in [1.82, 2.24) is 4.90 Å². The monoisotopic (exact) mass is 407 g/mol. The van der Waals surface area contributed by atoms with Crippen LogP contribution in [-0.2, 0) is 14.6 Å². The normalized spacial score (nSPS) is 18.1. The van der Waals surface area contributed by atoms with Gasteiger partial charge in [0.25, 0.3) is 0 Å². The van der Waals surface area contributed by atoms with Gasteiger partial charge in [-0.1, -0.05) is 36.4 Å². The Morgan fingerprint density at radius 3 is 2.52 bits per heavy atom. The quantitative estimate of drug-likeness (QED) is 0.758. The fourth-order valence-corrected chi connectivity index (χ4v) is 5.63. The predicted molar refractivity (Wildman–Crippen MR) is 106 cm³/mol. The van der Waals surface area contributed by atoms with Crippen LogP contribution in [0.3, 0.4) is 0 Å². The summed E-state index contributed by atoms with van der Waals surface area (Å²) in [5.41, 5.74) is 0.670. The van der Waals surface area contributed by atoms with Gasteiger partial charge in [-0.25, -0.2) is 12.8 Å². The summed E-state index contributed by atoms with van der Waals surface area (Å²) in [4.78, 5) is 14.5. The van der Waals surface area contributed by atoms with Crippen LogP contribution in [0, 0.1) is 5.82 Å². The Balaban J connectivity index is 1.58. The molecule has 7 heteroatoms. The van der Waals surface area contributed by atoms with Crippen molar-refractivity contribution in [3.05, 3.63) is 66.0 Å². The van der Waals surface area contributed by atoms with E-state index < -0.39 is 9.84 Å². The fraction of sp³-hybridized carbons (Fsp3) is 0.350. The molecule has 0 N–H and O–H groups in total. The van der Waals surface area contributed by atoms with Gasteiger partial charge >= 0.3 is 0 Å². The molecule has 1 atom stereocenters. The minimum Gasteiger partial charge on any atom is -0.342 e. The number of thioether (sulfide) groups is 1. The molecule has 0 aromatic heterocycles. The SMILES string of the molecule is O=C(CCS(=O)(=O)c1ccccc1)N1CCSC(c2ccccc2F)CC1. The smallest absolute Gasteiger partial charge is 0.223 e. The fourth-order valence-electron chi connectivity index (χ4n) is 3.13. The molecule has 27 heavy (non-hydrogen) atoms. The van der Waals surface area contributed by atoms with E-state index in [1.54, 1.807) is 59.1 Å². The lowest BCUT2D eigenvalue weighted by atomic mass is 10.1. The highest BCUT2D eigenvalue weighted by molar-refractivity contribution is 7.99. The second-order valence-electron chi connectivity index (χ2n) is 6.43. The van der Waals surface area contributed by atoms with Crippen LogP contribution in [0.25, 0.3) is 0 Å². The summed E-state index contributed by atoms with van der Waals surface area (Å²) in [6, 6.07) is 14.9. The van der Waals surface area contributed by atoms with Gasteiger partial charge in [0.05, 0.1) is 10.6 Å². The summed E-state index contributed by atoms with van der Waals surface area (Å²) in [6.07, 6.45) is 0.620. The molecule has 1 aliphatic heterocycles. The Hall–Kier alpha value is -1.86. The van der Waals surface area contributed by atoms with Gasteiger partial charge in [-0.2, -0.15) is 11.8 Å². The number of rotatable bonds is 5. The molecule has 1 heterocycles. The summed E-state index contributed by atoms with van der Waals surface area (Å²) in [6.45, 7) is 1.07. The van der Waals surface area contributed by atoms with Crippen molar-refractivity contribution in [3.8, 4) is 0 Å². The van der Waals surface area contributed by atoms with E-state index in [4.69, 9.17) is 0 Å². The van der Waals surface area contributed by atoms with Crippen molar-refractivity contribution in [1.29, 1.82) is 0 Å². The number of amides is 1. The maximum Gasteiger partial charge on any atom is 0.223 e. The van der Waals surface area contributed by atoms with Crippen molar-refractivity contribution < 1.29 is 17.6 Å². The molecule has 1 saturated heterocycles. The van der Waals surface area contributed by atoms with E-state index in [1.165, 1.54) is 6.07 Å². The molecule has 144 valence electrons. The average molecular weight is 408 g/mol. The van der Waals surface area contributed by atoms with Gasteiger partial charge in [0, 0.05) is 36.1 Å². The summed E-state index contributed by atoms with van der Waals surface area (Å²) in [7, 11) is -3.46. The third kappa shape index (κ3) is 5.11. The molecular formula is C20H22FNO3S2. The molecule has 0 spiro atoms. The lowest BCUT2D eigenvalue weighted by molar-refractivity contribution is -0.130. The van der Waals surface area contributed by atoms with E-state index >= 15 is 0 Å². The largest absolute Gasteiger partial charge is 0.342 e. The zero-order chi connectivity index (χ0) is 19.3. The Kier molecular flexibility index (Phi) is 6.55. The van der Waals surface area contributed by atoms with Crippen molar-refractivity contribution in [3.63, 3.8) is 0 Å². The molecule has 3 rings (SSSR count). The first-order valence-corrected chi connectivity index (χ1v) is 11.6. The molecule has 0 radical (unpaired) electrons. The summed E-state index contributed by atoms with van der Waals surface area (Å²) in [5, 5.41) is 0.0112. The Bertz CT molecular complexity index is 887. The van der Waals surface area contributed by atoms with Crippen LogP contribution in [0.5, 0.6) is 0 Å². The molecule has 0 aliphatic carbocycles. The number of hydrogen-bond acceptors (Lipinski definition) is 4. The lowest BCUT2D eigenvalue weighted by Crippen LogP contribution is -2.34. The third-order valence-electron chi connectivity index (χ3n) is 4.63. The van der Waals surface area contributed by atoms with Crippen molar-refractivity contribution in [2.24, 2.45) is 0 Å². The maximum absolute atomic E-state index is 14.0. The molecule has 2 aromatic rings. The highest BCUT2D eigenvalue weighted by atomic mass is 32.2. The van der Waals surface area contributed by atoms with Crippen molar-refractivity contribution in [2.45, 2.75) is 23.0 Å². The van der Waals surface area contributed by atoms with Gasteiger partial charge in [0.2, 0.25) is 5.91 Å². The number of sulfone groups is 1. The van der Waals surface area contributed by atoms with Crippen LogP contribution >= 0.6 is 11.8 Å². The topological polar surface area (TPSA) is 54.5 Å². The van der Waals surface area contributed by atoms with Gasteiger partial charge in [-0.05, 0) is 24.6 Å². The molecule has 0 saturated carbocycles. The van der Waals surface area contributed by atoms with Crippen LogP contribution in [0.15, 0.2) is 59.5 Å². The van der Waals surface area contributed by atoms with Crippen LogP contribution in [0.1, 0.15) is 23.7 Å². The molecule has 0 bridgehead atoms. The highest BCUT2D eigenvalue weighted by Crippen LogP contribution is 2.35. The van der Waals surface area contributed by atoms with Gasteiger partial charge < -0.3 is 4.90 Å². The van der Waals surface area contributed by atoms with E-state index in [0.717, 1.165) is 0 Å². The highest BCUT2D eigenvalue weighted by Gasteiger charge is 2.25. The number of benzene rings is 2. The van der Waals surface area contributed by atoms with E-state index in [-0.39, 0.29) is 34.0 Å².